The van der Waals surface area contributed by atoms with E-state index in [9.17, 15) is 0 Å². The van der Waals surface area contributed by atoms with E-state index in [0.29, 0.717) is 0 Å². The molecule has 0 amide bonds. The topological polar surface area (TPSA) is 390 Å². The minimum Gasteiger partial charge on any atom is 0 e. The molecule has 14 nitrogen and oxygen atoms in total. The maximum atomic E-state index is 8.82. The minimum absolute atomic E-state index is 0. The molecule has 0 bridgehead atoms. The molecule has 0 spiro atoms. The minimum atomic E-state index is -5.25. The van der Waals surface area contributed by atoms with Crippen LogP contribution in [0.25, 0.3) is 0 Å². The third-order valence-electron chi connectivity index (χ3n) is 0. The van der Waals surface area contributed by atoms with Gasteiger partial charge in [-0.15, -0.1) is 0 Å². The predicted molar refractivity (Wildman–Crippen MR) is 59.2 cm³/mol. The maximum Gasteiger partial charge on any atom is 0 e. The van der Waals surface area contributed by atoms with Gasteiger partial charge in [-0.1, -0.05) is 0 Å². The Morgan fingerprint density at radius 1 is 0.471 bits per heavy atom. The van der Waals surface area contributed by atoms with E-state index in [1.807, 2.05) is 0 Å². The number of rotatable bonds is 0. The summed E-state index contributed by atoms with van der Waals surface area (Å²) in [5, 5.41) is 0. The average molecular weight is 371 g/mol. The Bertz CT molecular complexity index is 97.4. The van der Waals surface area contributed by atoms with Crippen LogP contribution in [-0.2, 0) is 7.67 Å². The van der Waals surface area contributed by atoms with Crippen molar-refractivity contribution in [2.24, 2.45) is 0 Å². The molecule has 0 aromatic carbocycles. The van der Waals surface area contributed by atoms with Gasteiger partial charge in [-0.25, -0.2) is 0 Å². The van der Waals surface area contributed by atoms with Crippen LogP contribution < -0.4 is 0 Å². The first-order chi connectivity index (χ1) is 2.00. The summed E-state index contributed by atoms with van der Waals surface area (Å²) in [6, 6.07) is 0. The molecular weight excluding hydrogens is 349 g/mol. The van der Waals surface area contributed by atoms with Gasteiger partial charge >= 0.3 is 29.4 Å². The van der Waals surface area contributed by atoms with Crippen molar-refractivity contribution in [2.45, 2.75) is 0 Å². The summed E-state index contributed by atoms with van der Waals surface area (Å²) < 4.78 is 31.9. The molecule has 0 unspecified atom stereocenters. The van der Waals surface area contributed by atoms with Crippen LogP contribution in [0.15, 0.2) is 0 Å². The molecule has 17 heavy (non-hydrogen) atoms. The second kappa shape index (κ2) is 83.7. The van der Waals surface area contributed by atoms with Gasteiger partial charge in [-0.3, -0.25) is 0 Å². The van der Waals surface area contributed by atoms with E-state index in [4.69, 9.17) is 16.0 Å². The Morgan fingerprint density at radius 3 is 0.471 bits per heavy atom. The summed E-state index contributed by atoms with van der Waals surface area (Å²) in [6.45, 7) is 0. The molecule has 114 valence electrons. The number of hydrogen-bond acceptors (Lipinski definition) is 2. The van der Waals surface area contributed by atoms with Crippen LogP contribution in [0.4, 0.5) is 0 Å². The third kappa shape index (κ3) is 1610. The summed E-state index contributed by atoms with van der Waals surface area (Å²) in [6.07, 6.45) is 0. The molecule has 17 heteroatoms. The Morgan fingerprint density at radius 2 is 0.471 bits per heavy atom. The zero-order valence-corrected chi connectivity index (χ0v) is 14.8. The second-order valence-electron chi connectivity index (χ2n) is 0.448. The number of hydrogen-bond donors (Lipinski definition) is 2. The van der Waals surface area contributed by atoms with Crippen LogP contribution in [0.2, 0.25) is 0 Å². The van der Waals surface area contributed by atoms with Crippen LogP contribution in [0, 0.1) is 0 Å². The van der Waals surface area contributed by atoms with Gasteiger partial charge in [0.1, 0.15) is 0 Å². The first kappa shape index (κ1) is 182. The zero-order valence-electron chi connectivity index (χ0n) is 9.12. The molecule has 0 aliphatic heterocycles. The van der Waals surface area contributed by atoms with Crippen molar-refractivity contribution in [2.75, 3.05) is 0 Å². The van der Waals surface area contributed by atoms with Crippen LogP contribution in [0.5, 0.6) is 0 Å². The van der Waals surface area contributed by atoms with Crippen molar-refractivity contribution in [3.63, 3.8) is 0 Å². The smallest absolute Gasteiger partial charge is 0 e. The fourth-order valence-electron chi connectivity index (χ4n) is 0. The van der Waals surface area contributed by atoms with Gasteiger partial charge in [0.15, 0.2) is 0 Å². The van der Waals surface area contributed by atoms with E-state index < -0.39 is 13.4 Å². The molecule has 0 saturated heterocycles. The Hall–Kier alpha value is 1.64. The van der Waals surface area contributed by atoms with Gasteiger partial charge in [0, 0.05) is 59.1 Å². The van der Waals surface area contributed by atoms with Crippen LogP contribution in [0.1, 0.15) is 0 Å². The van der Waals surface area contributed by atoms with Crippen LogP contribution in [-0.4, -0.2) is 136 Å². The Labute approximate surface area is 142 Å². The van der Waals surface area contributed by atoms with Gasteiger partial charge in [-0.2, -0.15) is 0 Å². The third-order valence-corrected chi connectivity index (χ3v) is 0. The van der Waals surface area contributed by atoms with Gasteiger partial charge in [-0.05, 0) is 0 Å². The van der Waals surface area contributed by atoms with Crippen molar-refractivity contribution in [1.82, 2.24) is 0 Å². The van der Waals surface area contributed by atoms with Crippen molar-refractivity contribution >= 4 is 72.5 Å². The fourth-order valence-corrected chi connectivity index (χ4v) is 0. The van der Waals surface area contributed by atoms with E-state index in [2.05, 4.69) is 0 Å². The summed E-state index contributed by atoms with van der Waals surface area (Å²) in [5.41, 5.74) is 0. The average Bonchev–Trinajstić information content (AvgIpc) is 0.722. The van der Waals surface area contributed by atoms with Gasteiger partial charge in [0.05, 0.1) is 0 Å². The summed E-state index contributed by atoms with van der Waals surface area (Å²) in [4.78, 5) is 0. The standard InChI is InChI=1S/2Na.H2O4Se.10H2O/c;;1-5(2,3)4;;;;;;;;;;/h;;(H2,1,2,3,4);10*1H2. The molecule has 0 atom stereocenters. The van der Waals surface area contributed by atoms with E-state index >= 15 is 0 Å². The quantitative estimate of drug-likeness (QED) is 0.391. The SMILES string of the molecule is O.O.O.O.O.O.O.O.O.O.O=[Se](=O)(O)O.[Na].[Na]. The molecule has 22 N–H and O–H groups in total. The molecule has 0 fully saturated rings. The van der Waals surface area contributed by atoms with E-state index in [0.717, 1.165) is 0 Å². The van der Waals surface area contributed by atoms with Crippen molar-refractivity contribution in [3.05, 3.63) is 0 Å². The first-order valence-corrected chi connectivity index (χ1v) is 3.63. The Kier molecular flexibility index (Phi) is 898. The van der Waals surface area contributed by atoms with Crippen LogP contribution in [0.3, 0.4) is 0 Å². The van der Waals surface area contributed by atoms with E-state index in [1.54, 1.807) is 0 Å². The fraction of sp³-hybridized carbons (Fsp3) is 0. The normalized spacial score (nSPS) is 3.41. The largest absolute Gasteiger partial charge is 0 e. The van der Waals surface area contributed by atoms with Gasteiger partial charge in [0.25, 0.3) is 0 Å². The second-order valence-corrected chi connectivity index (χ2v) is 2.33. The van der Waals surface area contributed by atoms with Gasteiger partial charge < -0.3 is 54.8 Å². The predicted octanol–water partition coefficient (Wildman–Crippen LogP) is -10.7. The monoisotopic (exact) mass is 372 g/mol. The van der Waals surface area contributed by atoms with E-state index in [-0.39, 0.29) is 114 Å². The summed E-state index contributed by atoms with van der Waals surface area (Å²) >= 11 is -5.25. The summed E-state index contributed by atoms with van der Waals surface area (Å²) in [7, 11) is 0. The molecule has 0 saturated carbocycles. The molecular formula is H22Na2O14Se. The molecule has 0 heterocycles. The maximum absolute atomic E-state index is 8.82. The Balaban J connectivity index is -0.00000000121. The van der Waals surface area contributed by atoms with Crippen LogP contribution >= 0.6 is 0 Å². The summed E-state index contributed by atoms with van der Waals surface area (Å²) in [5.74, 6) is 0. The van der Waals surface area contributed by atoms with Gasteiger partial charge in [0.2, 0.25) is 0 Å². The zero-order chi connectivity index (χ0) is 4.50. The molecule has 0 aliphatic rings. The molecule has 0 aliphatic carbocycles. The first-order valence-electron chi connectivity index (χ1n) is 0.698. The van der Waals surface area contributed by atoms with Crippen molar-refractivity contribution < 1.29 is 70.8 Å². The molecule has 0 aromatic heterocycles. The molecule has 2 radical (unpaired) electrons. The van der Waals surface area contributed by atoms with Crippen molar-refractivity contribution in [3.8, 4) is 0 Å². The van der Waals surface area contributed by atoms with Crippen molar-refractivity contribution in [1.29, 1.82) is 0 Å². The van der Waals surface area contributed by atoms with E-state index in [1.165, 1.54) is 0 Å². The molecule has 0 rings (SSSR count). The molecule has 0 aromatic rings.